The number of piperidine rings is 1. The van der Waals surface area contributed by atoms with Crippen LogP contribution in [0.15, 0.2) is 65.7 Å². The predicted octanol–water partition coefficient (Wildman–Crippen LogP) is 2.36. The Morgan fingerprint density at radius 3 is 2.39 bits per heavy atom. The number of hydrogen-bond donors (Lipinski definition) is 2. The topological polar surface area (TPSA) is 117 Å². The minimum Gasteiger partial charge on any atom is -0.472 e. The third kappa shape index (κ3) is 4.77. The lowest BCUT2D eigenvalue weighted by molar-refractivity contribution is 0.0697. The van der Waals surface area contributed by atoms with Crippen LogP contribution in [0.2, 0.25) is 0 Å². The second kappa shape index (κ2) is 9.21. The zero-order valence-corrected chi connectivity index (χ0v) is 16.7. The molecule has 1 saturated heterocycles. The summed E-state index contributed by atoms with van der Waals surface area (Å²) < 4.78 is 4.97. The van der Waals surface area contributed by atoms with Crippen LogP contribution < -0.4 is 10.6 Å². The van der Waals surface area contributed by atoms with E-state index in [-0.39, 0.29) is 29.4 Å². The molecule has 0 aliphatic carbocycles. The molecule has 2 N–H and O–H groups in total. The van der Waals surface area contributed by atoms with Crippen molar-refractivity contribution in [3.8, 4) is 0 Å². The van der Waals surface area contributed by atoms with Gasteiger partial charge in [0, 0.05) is 37.1 Å². The minimum atomic E-state index is -0.420. The summed E-state index contributed by atoms with van der Waals surface area (Å²) in [6.07, 6.45) is 6.93. The molecule has 1 fully saturated rings. The van der Waals surface area contributed by atoms with Crippen LogP contribution in [0.25, 0.3) is 0 Å². The van der Waals surface area contributed by atoms with Gasteiger partial charge in [0.25, 0.3) is 17.7 Å². The minimum absolute atomic E-state index is 0.0451. The summed E-state index contributed by atoms with van der Waals surface area (Å²) in [6, 6.07) is 10.2. The van der Waals surface area contributed by atoms with E-state index in [0.717, 1.165) is 0 Å². The number of likely N-dealkylation sites (tertiary alicyclic amines) is 1. The molecule has 31 heavy (non-hydrogen) atoms. The van der Waals surface area contributed by atoms with Crippen molar-refractivity contribution in [2.45, 2.75) is 18.9 Å². The van der Waals surface area contributed by atoms with Gasteiger partial charge in [0.15, 0.2) is 11.5 Å². The Hall–Kier alpha value is -4.01. The van der Waals surface area contributed by atoms with Crippen molar-refractivity contribution in [3.05, 3.63) is 78.1 Å². The van der Waals surface area contributed by atoms with E-state index < -0.39 is 5.91 Å². The molecule has 0 unspecified atom stereocenters. The summed E-state index contributed by atoms with van der Waals surface area (Å²) in [5.74, 6) is -0.780. The van der Waals surface area contributed by atoms with Gasteiger partial charge in [-0.1, -0.05) is 18.2 Å². The molecule has 3 aromatic rings. The summed E-state index contributed by atoms with van der Waals surface area (Å²) >= 11 is 0. The standard InChI is InChI=1S/C22H21N5O4/c28-20(15-4-2-1-3-5-15)26-19-18(23-9-10-24-19)21(29)25-17-6-11-27(12-7-17)22(30)16-8-13-31-14-16/h1-5,8-10,13-14,17H,6-7,11-12H2,(H,25,29)(H,24,26,28). The highest BCUT2D eigenvalue weighted by Crippen LogP contribution is 2.16. The van der Waals surface area contributed by atoms with Crippen molar-refractivity contribution >= 4 is 23.5 Å². The van der Waals surface area contributed by atoms with Gasteiger partial charge in [0.2, 0.25) is 0 Å². The molecule has 0 bridgehead atoms. The summed E-state index contributed by atoms with van der Waals surface area (Å²) in [7, 11) is 0. The molecule has 9 heteroatoms. The molecule has 0 atom stereocenters. The molecule has 1 aliphatic heterocycles. The molecule has 0 radical (unpaired) electrons. The second-order valence-electron chi connectivity index (χ2n) is 7.13. The fourth-order valence-electron chi connectivity index (χ4n) is 3.41. The van der Waals surface area contributed by atoms with Gasteiger partial charge in [0.05, 0.1) is 11.8 Å². The van der Waals surface area contributed by atoms with Crippen molar-refractivity contribution in [1.29, 1.82) is 0 Å². The highest BCUT2D eigenvalue weighted by Gasteiger charge is 2.26. The Morgan fingerprint density at radius 2 is 1.68 bits per heavy atom. The highest BCUT2D eigenvalue weighted by molar-refractivity contribution is 6.07. The molecule has 158 valence electrons. The first kappa shape index (κ1) is 20.3. The second-order valence-corrected chi connectivity index (χ2v) is 7.13. The number of nitrogens with zero attached hydrogens (tertiary/aromatic N) is 3. The lowest BCUT2D eigenvalue weighted by Gasteiger charge is -2.32. The van der Waals surface area contributed by atoms with E-state index in [9.17, 15) is 14.4 Å². The smallest absolute Gasteiger partial charge is 0.273 e. The van der Waals surface area contributed by atoms with Gasteiger partial charge in [-0.3, -0.25) is 14.4 Å². The SMILES string of the molecule is O=C(Nc1nccnc1C(=O)NC1CCN(C(=O)c2ccoc2)CC1)c1ccccc1. The number of carbonyl (C=O) groups is 3. The van der Waals surface area contributed by atoms with Crippen LogP contribution in [0.3, 0.4) is 0 Å². The molecular weight excluding hydrogens is 398 g/mol. The number of hydrogen-bond acceptors (Lipinski definition) is 6. The van der Waals surface area contributed by atoms with Gasteiger partial charge in [-0.15, -0.1) is 0 Å². The normalized spacial score (nSPS) is 14.1. The van der Waals surface area contributed by atoms with Gasteiger partial charge in [-0.2, -0.15) is 0 Å². The number of amides is 3. The maximum atomic E-state index is 12.8. The summed E-state index contributed by atoms with van der Waals surface area (Å²) in [4.78, 5) is 47.6. The lowest BCUT2D eigenvalue weighted by Crippen LogP contribution is -2.46. The first-order valence-electron chi connectivity index (χ1n) is 9.91. The maximum absolute atomic E-state index is 12.8. The molecule has 2 aromatic heterocycles. The van der Waals surface area contributed by atoms with Crippen LogP contribution in [0.5, 0.6) is 0 Å². The van der Waals surface area contributed by atoms with Crippen LogP contribution in [-0.2, 0) is 0 Å². The molecule has 1 aromatic carbocycles. The summed E-state index contributed by atoms with van der Waals surface area (Å²) in [5.41, 5.74) is 1.01. The fourth-order valence-corrected chi connectivity index (χ4v) is 3.41. The third-order valence-corrected chi connectivity index (χ3v) is 5.07. The number of anilines is 1. The first-order chi connectivity index (χ1) is 15.1. The molecule has 0 saturated carbocycles. The molecule has 3 amide bonds. The lowest BCUT2D eigenvalue weighted by atomic mass is 10.0. The van der Waals surface area contributed by atoms with Crippen LogP contribution in [0.1, 0.15) is 44.0 Å². The van der Waals surface area contributed by atoms with Gasteiger partial charge >= 0.3 is 0 Å². The van der Waals surface area contributed by atoms with Crippen molar-refractivity contribution < 1.29 is 18.8 Å². The summed E-state index contributed by atoms with van der Waals surface area (Å²) in [5, 5.41) is 5.58. The average Bonchev–Trinajstić information content (AvgIpc) is 3.35. The number of nitrogens with one attached hydrogen (secondary N) is 2. The van der Waals surface area contributed by atoms with Gasteiger partial charge < -0.3 is 20.0 Å². The zero-order chi connectivity index (χ0) is 21.6. The Kier molecular flexibility index (Phi) is 6.02. The maximum Gasteiger partial charge on any atom is 0.273 e. The van der Waals surface area contributed by atoms with E-state index in [1.54, 1.807) is 35.2 Å². The molecular formula is C22H21N5O4. The van der Waals surface area contributed by atoms with Crippen molar-refractivity contribution in [2.75, 3.05) is 18.4 Å². The predicted molar refractivity (Wildman–Crippen MR) is 112 cm³/mol. The molecule has 0 spiro atoms. The molecule has 3 heterocycles. The van der Waals surface area contributed by atoms with E-state index >= 15 is 0 Å². The Morgan fingerprint density at radius 1 is 0.935 bits per heavy atom. The van der Waals surface area contributed by atoms with E-state index in [4.69, 9.17) is 4.42 Å². The Bertz CT molecular complexity index is 1060. The quantitative estimate of drug-likeness (QED) is 0.656. The summed E-state index contributed by atoms with van der Waals surface area (Å²) in [6.45, 7) is 1.04. The number of carbonyl (C=O) groups excluding carboxylic acids is 3. The first-order valence-corrected chi connectivity index (χ1v) is 9.91. The van der Waals surface area contributed by atoms with Crippen molar-refractivity contribution in [3.63, 3.8) is 0 Å². The van der Waals surface area contributed by atoms with E-state index in [2.05, 4.69) is 20.6 Å². The molecule has 9 nitrogen and oxygen atoms in total. The van der Waals surface area contributed by atoms with Gasteiger partial charge in [-0.25, -0.2) is 9.97 Å². The highest BCUT2D eigenvalue weighted by atomic mass is 16.3. The van der Waals surface area contributed by atoms with Crippen molar-refractivity contribution in [1.82, 2.24) is 20.2 Å². The Balaban J connectivity index is 1.36. The molecule has 1 aliphatic rings. The fraction of sp³-hybridized carbons (Fsp3) is 0.227. The van der Waals surface area contributed by atoms with Crippen LogP contribution >= 0.6 is 0 Å². The Labute approximate surface area is 178 Å². The van der Waals surface area contributed by atoms with Crippen LogP contribution in [-0.4, -0.2) is 51.7 Å². The monoisotopic (exact) mass is 419 g/mol. The van der Waals surface area contributed by atoms with E-state index in [1.165, 1.54) is 24.9 Å². The van der Waals surface area contributed by atoms with Gasteiger partial charge in [0.1, 0.15) is 6.26 Å². The number of aromatic nitrogens is 2. The number of benzene rings is 1. The van der Waals surface area contributed by atoms with E-state index in [1.807, 2.05) is 6.07 Å². The van der Waals surface area contributed by atoms with E-state index in [0.29, 0.717) is 37.1 Å². The largest absolute Gasteiger partial charge is 0.472 e. The number of rotatable bonds is 5. The average molecular weight is 419 g/mol. The molecule has 4 rings (SSSR count). The van der Waals surface area contributed by atoms with Gasteiger partial charge in [-0.05, 0) is 31.0 Å². The zero-order valence-electron chi connectivity index (χ0n) is 16.7. The van der Waals surface area contributed by atoms with Crippen LogP contribution in [0, 0.1) is 0 Å². The van der Waals surface area contributed by atoms with Crippen LogP contribution in [0.4, 0.5) is 5.82 Å². The number of furan rings is 1. The third-order valence-electron chi connectivity index (χ3n) is 5.07. The van der Waals surface area contributed by atoms with Crippen molar-refractivity contribution in [2.24, 2.45) is 0 Å².